The highest BCUT2D eigenvalue weighted by Crippen LogP contribution is 2.24. The number of hydrogen-bond donors (Lipinski definition) is 1. The van der Waals surface area contributed by atoms with Gasteiger partial charge in [0.05, 0.1) is 0 Å². The summed E-state index contributed by atoms with van der Waals surface area (Å²) in [5.74, 6) is 0.840. The molecular formula is C18H28N2. The van der Waals surface area contributed by atoms with E-state index in [1.165, 1.54) is 62.9 Å². The Balaban J connectivity index is 1.52. The minimum Gasteiger partial charge on any atom is -0.372 e. The summed E-state index contributed by atoms with van der Waals surface area (Å²) in [5, 5.41) is 3.76. The van der Waals surface area contributed by atoms with Crippen LogP contribution in [0.25, 0.3) is 0 Å². The Labute approximate surface area is 123 Å². The van der Waals surface area contributed by atoms with Gasteiger partial charge in [-0.1, -0.05) is 31.9 Å². The Hall–Kier alpha value is -1.02. The van der Waals surface area contributed by atoms with Crippen LogP contribution in [0.1, 0.15) is 51.0 Å². The first-order valence-electron chi connectivity index (χ1n) is 8.40. The molecule has 1 aromatic rings. The Morgan fingerprint density at radius 2 is 1.70 bits per heavy atom. The van der Waals surface area contributed by atoms with Crippen LogP contribution in [-0.4, -0.2) is 19.1 Å². The van der Waals surface area contributed by atoms with Crippen LogP contribution in [0.5, 0.6) is 0 Å². The van der Waals surface area contributed by atoms with Gasteiger partial charge in [-0.15, -0.1) is 0 Å². The van der Waals surface area contributed by atoms with Crippen LogP contribution in [0.2, 0.25) is 0 Å². The molecule has 1 aliphatic carbocycles. The lowest BCUT2D eigenvalue weighted by Gasteiger charge is -2.29. The van der Waals surface area contributed by atoms with Crippen LogP contribution in [0.3, 0.4) is 0 Å². The molecule has 1 heterocycles. The summed E-state index contributed by atoms with van der Waals surface area (Å²) in [5.41, 5.74) is 2.82. The Morgan fingerprint density at radius 3 is 2.40 bits per heavy atom. The molecular weight excluding hydrogens is 244 g/mol. The third-order valence-electron chi connectivity index (χ3n) is 5.09. The van der Waals surface area contributed by atoms with E-state index in [2.05, 4.69) is 41.4 Å². The average Bonchev–Trinajstić information content (AvgIpc) is 3.01. The summed E-state index contributed by atoms with van der Waals surface area (Å²) in [6, 6.07) is 9.92. The van der Waals surface area contributed by atoms with Gasteiger partial charge in [0.25, 0.3) is 0 Å². The highest BCUT2D eigenvalue weighted by molar-refractivity contribution is 5.48. The van der Waals surface area contributed by atoms with Crippen LogP contribution < -0.4 is 10.2 Å². The van der Waals surface area contributed by atoms with Crippen molar-refractivity contribution < 1.29 is 0 Å². The van der Waals surface area contributed by atoms with Gasteiger partial charge in [0.2, 0.25) is 0 Å². The number of anilines is 1. The number of nitrogens with one attached hydrogen (secondary N) is 1. The molecule has 110 valence electrons. The van der Waals surface area contributed by atoms with E-state index in [-0.39, 0.29) is 0 Å². The molecule has 2 atom stereocenters. The van der Waals surface area contributed by atoms with Crippen molar-refractivity contribution in [3.8, 4) is 0 Å². The third-order valence-corrected chi connectivity index (χ3v) is 5.09. The summed E-state index contributed by atoms with van der Waals surface area (Å²) < 4.78 is 0. The molecule has 2 nitrogen and oxygen atoms in total. The van der Waals surface area contributed by atoms with E-state index in [1.807, 2.05) is 0 Å². The summed E-state index contributed by atoms with van der Waals surface area (Å²) in [4.78, 5) is 2.50. The second kappa shape index (κ2) is 6.62. The number of rotatable bonds is 4. The van der Waals surface area contributed by atoms with Gasteiger partial charge in [-0.3, -0.25) is 0 Å². The maximum atomic E-state index is 3.76. The fourth-order valence-corrected chi connectivity index (χ4v) is 3.67. The first kappa shape index (κ1) is 13.9. The first-order valence-corrected chi connectivity index (χ1v) is 8.40. The van der Waals surface area contributed by atoms with Gasteiger partial charge in [0.15, 0.2) is 0 Å². The molecule has 1 aliphatic heterocycles. The van der Waals surface area contributed by atoms with Gasteiger partial charge in [0.1, 0.15) is 0 Å². The molecule has 0 aromatic heterocycles. The van der Waals surface area contributed by atoms with Crippen molar-refractivity contribution in [3.63, 3.8) is 0 Å². The van der Waals surface area contributed by atoms with Crippen molar-refractivity contribution in [1.82, 2.24) is 5.32 Å². The van der Waals surface area contributed by atoms with Crippen molar-refractivity contribution in [2.24, 2.45) is 5.92 Å². The molecule has 2 heteroatoms. The second-order valence-corrected chi connectivity index (χ2v) is 6.61. The van der Waals surface area contributed by atoms with Gasteiger partial charge in [-0.25, -0.2) is 0 Å². The lowest BCUT2D eigenvalue weighted by molar-refractivity contribution is 0.279. The summed E-state index contributed by atoms with van der Waals surface area (Å²) in [6.45, 7) is 5.89. The van der Waals surface area contributed by atoms with E-state index < -0.39 is 0 Å². The van der Waals surface area contributed by atoms with E-state index >= 15 is 0 Å². The van der Waals surface area contributed by atoms with Crippen molar-refractivity contribution >= 4 is 5.69 Å². The van der Waals surface area contributed by atoms with E-state index in [9.17, 15) is 0 Å². The molecule has 1 saturated carbocycles. The normalized spacial score (nSPS) is 26.9. The zero-order valence-electron chi connectivity index (χ0n) is 12.8. The zero-order chi connectivity index (χ0) is 13.8. The number of nitrogens with zero attached hydrogens (tertiary/aromatic N) is 1. The summed E-state index contributed by atoms with van der Waals surface area (Å²) in [7, 11) is 0. The fourth-order valence-electron chi connectivity index (χ4n) is 3.67. The maximum Gasteiger partial charge on any atom is 0.0366 e. The van der Waals surface area contributed by atoms with Gasteiger partial charge in [-0.2, -0.15) is 0 Å². The fraction of sp³-hybridized carbons (Fsp3) is 0.667. The predicted molar refractivity (Wildman–Crippen MR) is 86.1 cm³/mol. The highest BCUT2D eigenvalue weighted by Gasteiger charge is 2.20. The maximum absolute atomic E-state index is 3.76. The second-order valence-electron chi connectivity index (χ2n) is 6.61. The van der Waals surface area contributed by atoms with Crippen molar-refractivity contribution in [2.45, 2.75) is 58.0 Å². The van der Waals surface area contributed by atoms with Crippen LogP contribution in [0, 0.1) is 5.92 Å². The molecule has 20 heavy (non-hydrogen) atoms. The molecule has 0 radical (unpaired) electrons. The minimum absolute atomic E-state index is 0.724. The molecule has 1 N–H and O–H groups in total. The lowest BCUT2D eigenvalue weighted by Crippen LogP contribution is -2.36. The van der Waals surface area contributed by atoms with Gasteiger partial charge in [0, 0.05) is 31.4 Å². The molecule has 0 amide bonds. The van der Waals surface area contributed by atoms with E-state index in [1.54, 1.807) is 0 Å². The van der Waals surface area contributed by atoms with Crippen LogP contribution >= 0.6 is 0 Å². The molecule has 0 spiro atoms. The number of hydrogen-bond acceptors (Lipinski definition) is 2. The molecule has 1 saturated heterocycles. The van der Waals surface area contributed by atoms with Crippen molar-refractivity contribution in [2.75, 3.05) is 18.0 Å². The molecule has 1 aromatic carbocycles. The smallest absolute Gasteiger partial charge is 0.0366 e. The third kappa shape index (κ3) is 3.35. The Kier molecular flexibility index (Phi) is 4.62. The highest BCUT2D eigenvalue weighted by atomic mass is 15.1. The topological polar surface area (TPSA) is 15.3 Å². The van der Waals surface area contributed by atoms with Crippen LogP contribution in [0.15, 0.2) is 24.3 Å². The number of benzene rings is 1. The van der Waals surface area contributed by atoms with E-state index in [0.717, 1.165) is 18.5 Å². The Morgan fingerprint density at radius 1 is 1.00 bits per heavy atom. The lowest BCUT2D eigenvalue weighted by atomic mass is 9.86. The molecule has 2 aliphatic rings. The van der Waals surface area contributed by atoms with Gasteiger partial charge >= 0.3 is 0 Å². The van der Waals surface area contributed by atoms with Crippen LogP contribution in [-0.2, 0) is 6.54 Å². The SMILES string of the molecule is CC1CCCCC1NCc1ccc(N2CCCC2)cc1. The standard InChI is InChI=1S/C18H28N2/c1-15-6-2-3-7-18(15)19-14-16-8-10-17(11-9-16)20-12-4-5-13-20/h8-11,15,18-19H,2-7,12-14H2,1H3. The van der Waals surface area contributed by atoms with Gasteiger partial charge < -0.3 is 10.2 Å². The van der Waals surface area contributed by atoms with Crippen LogP contribution in [0.4, 0.5) is 5.69 Å². The molecule has 3 rings (SSSR count). The molecule has 2 unspecified atom stereocenters. The largest absolute Gasteiger partial charge is 0.372 e. The summed E-state index contributed by atoms with van der Waals surface area (Å²) in [6.07, 6.45) is 8.27. The first-order chi connectivity index (χ1) is 9.83. The van der Waals surface area contributed by atoms with Crippen molar-refractivity contribution in [3.05, 3.63) is 29.8 Å². The predicted octanol–water partition coefficient (Wildman–Crippen LogP) is 3.96. The zero-order valence-corrected chi connectivity index (χ0v) is 12.8. The minimum atomic E-state index is 0.724. The average molecular weight is 272 g/mol. The van der Waals surface area contributed by atoms with E-state index in [4.69, 9.17) is 0 Å². The molecule has 0 bridgehead atoms. The van der Waals surface area contributed by atoms with E-state index in [0.29, 0.717) is 0 Å². The Bertz CT molecular complexity index is 406. The molecule has 2 fully saturated rings. The monoisotopic (exact) mass is 272 g/mol. The summed E-state index contributed by atoms with van der Waals surface area (Å²) >= 11 is 0. The van der Waals surface area contributed by atoms with Gasteiger partial charge in [-0.05, 0) is 49.3 Å². The quantitative estimate of drug-likeness (QED) is 0.892. The van der Waals surface area contributed by atoms with Crippen molar-refractivity contribution in [1.29, 1.82) is 0 Å².